The highest BCUT2D eigenvalue weighted by atomic mass is 16.5. The Morgan fingerprint density at radius 2 is 1.60 bits per heavy atom. The van der Waals surface area contributed by atoms with Gasteiger partial charge >= 0.3 is 11.9 Å². The van der Waals surface area contributed by atoms with Gasteiger partial charge in [-0.15, -0.1) is 0 Å². The van der Waals surface area contributed by atoms with E-state index in [2.05, 4.69) is 4.74 Å². The molecule has 5 heteroatoms. The number of ketones is 1. The average molecular weight is 278 g/mol. The minimum absolute atomic E-state index is 0.0887. The van der Waals surface area contributed by atoms with E-state index in [9.17, 15) is 14.4 Å². The van der Waals surface area contributed by atoms with Crippen molar-refractivity contribution in [3.05, 3.63) is 35.9 Å². The molecule has 20 heavy (non-hydrogen) atoms. The minimum Gasteiger partial charge on any atom is -0.465 e. The van der Waals surface area contributed by atoms with Crippen molar-refractivity contribution in [2.45, 2.75) is 20.3 Å². The number of hydrogen-bond acceptors (Lipinski definition) is 5. The lowest BCUT2D eigenvalue weighted by molar-refractivity contribution is -0.162. The first-order valence-electron chi connectivity index (χ1n) is 6.51. The van der Waals surface area contributed by atoms with Crippen LogP contribution in [0, 0.1) is 5.92 Å². The molecule has 0 saturated heterocycles. The first kappa shape index (κ1) is 15.9. The van der Waals surface area contributed by atoms with Crippen LogP contribution in [0.1, 0.15) is 19.4 Å². The molecule has 0 saturated carbocycles. The van der Waals surface area contributed by atoms with Gasteiger partial charge in [0.2, 0.25) is 0 Å². The summed E-state index contributed by atoms with van der Waals surface area (Å²) in [5.74, 6) is -3.72. The largest absolute Gasteiger partial charge is 0.465 e. The van der Waals surface area contributed by atoms with Gasteiger partial charge in [-0.25, -0.2) is 4.79 Å². The Morgan fingerprint density at radius 1 is 1.00 bits per heavy atom. The third kappa shape index (κ3) is 4.50. The van der Waals surface area contributed by atoms with Crippen molar-refractivity contribution in [2.24, 2.45) is 5.92 Å². The molecule has 0 aliphatic heterocycles. The molecule has 108 valence electrons. The summed E-state index contributed by atoms with van der Waals surface area (Å²) in [4.78, 5) is 35.3. The van der Waals surface area contributed by atoms with E-state index in [1.54, 1.807) is 38.1 Å². The average Bonchev–Trinajstić information content (AvgIpc) is 2.45. The van der Waals surface area contributed by atoms with Crippen molar-refractivity contribution in [3.8, 4) is 0 Å². The number of Topliss-reactive ketones (excluding diaryl/α,β-unsaturated/α-hetero) is 1. The normalized spacial score (nSPS) is 11.5. The topological polar surface area (TPSA) is 69.7 Å². The first-order chi connectivity index (χ1) is 9.60. The number of rotatable bonds is 7. The molecule has 1 aromatic carbocycles. The van der Waals surface area contributed by atoms with Crippen molar-refractivity contribution in [1.29, 1.82) is 0 Å². The van der Waals surface area contributed by atoms with Crippen LogP contribution in [0.5, 0.6) is 0 Å². The van der Waals surface area contributed by atoms with Crippen LogP contribution in [0.3, 0.4) is 0 Å². The van der Waals surface area contributed by atoms with Crippen LogP contribution >= 0.6 is 0 Å². The maximum absolute atomic E-state index is 12.0. The SMILES string of the molecule is CCOC(=O)C(=O)[C@@H](Cc1ccccc1)C(=O)OCC. The quantitative estimate of drug-likeness (QED) is 0.430. The standard InChI is InChI=1S/C15H18O5/c1-3-19-14(17)12(13(16)15(18)20-4-2)10-11-8-6-5-7-9-11/h5-9,12H,3-4,10H2,1-2H3/t12-/m1/s1. The fourth-order valence-electron chi connectivity index (χ4n) is 1.72. The summed E-state index contributed by atoms with van der Waals surface area (Å²) >= 11 is 0. The van der Waals surface area contributed by atoms with Gasteiger partial charge in [0.15, 0.2) is 0 Å². The Labute approximate surface area is 117 Å². The maximum atomic E-state index is 12.0. The lowest BCUT2D eigenvalue weighted by Crippen LogP contribution is -2.34. The van der Waals surface area contributed by atoms with Gasteiger partial charge in [-0.3, -0.25) is 9.59 Å². The summed E-state index contributed by atoms with van der Waals surface area (Å²) in [6.45, 7) is 3.49. The number of benzene rings is 1. The molecule has 0 amide bonds. The van der Waals surface area contributed by atoms with Crippen LogP contribution in [0.4, 0.5) is 0 Å². The molecule has 1 atom stereocenters. The molecule has 0 fully saturated rings. The lowest BCUT2D eigenvalue weighted by Gasteiger charge is -2.13. The number of esters is 2. The molecule has 1 rings (SSSR count). The van der Waals surface area contributed by atoms with Gasteiger partial charge in [-0.05, 0) is 25.8 Å². The molecule has 0 aliphatic rings. The summed E-state index contributed by atoms with van der Waals surface area (Å²) in [6.07, 6.45) is 0.122. The molecule has 1 aromatic rings. The fourth-order valence-corrected chi connectivity index (χ4v) is 1.72. The Bertz CT molecular complexity index is 466. The number of ether oxygens (including phenoxy) is 2. The molecule has 0 N–H and O–H groups in total. The van der Waals surface area contributed by atoms with Crippen molar-refractivity contribution in [3.63, 3.8) is 0 Å². The highest BCUT2D eigenvalue weighted by Gasteiger charge is 2.33. The smallest absolute Gasteiger partial charge is 0.375 e. The number of carbonyl (C=O) groups excluding carboxylic acids is 3. The van der Waals surface area contributed by atoms with Crippen LogP contribution in [0.15, 0.2) is 30.3 Å². The zero-order valence-corrected chi connectivity index (χ0v) is 11.6. The molecule has 0 radical (unpaired) electrons. The monoisotopic (exact) mass is 278 g/mol. The third-order valence-corrected chi connectivity index (χ3v) is 2.65. The van der Waals surface area contributed by atoms with Crippen LogP contribution in [-0.2, 0) is 30.3 Å². The molecule has 5 nitrogen and oxygen atoms in total. The zero-order valence-electron chi connectivity index (χ0n) is 11.6. The molecule has 0 heterocycles. The van der Waals surface area contributed by atoms with E-state index in [-0.39, 0.29) is 19.6 Å². The van der Waals surface area contributed by atoms with E-state index in [0.717, 1.165) is 5.56 Å². The molecule has 0 aromatic heterocycles. The van der Waals surface area contributed by atoms with E-state index < -0.39 is 23.6 Å². The first-order valence-corrected chi connectivity index (χ1v) is 6.51. The second-order valence-corrected chi connectivity index (χ2v) is 4.08. The lowest BCUT2D eigenvalue weighted by atomic mass is 9.95. The van der Waals surface area contributed by atoms with Crippen molar-refractivity contribution in [1.82, 2.24) is 0 Å². The minimum atomic E-state index is -1.16. The predicted octanol–water partition coefficient (Wildman–Crippen LogP) is 1.54. The van der Waals surface area contributed by atoms with E-state index in [0.29, 0.717) is 0 Å². The molecule has 0 aliphatic carbocycles. The van der Waals surface area contributed by atoms with Gasteiger partial charge in [0.1, 0.15) is 5.92 Å². The summed E-state index contributed by atoms with van der Waals surface area (Å²) in [7, 11) is 0. The maximum Gasteiger partial charge on any atom is 0.375 e. The van der Waals surface area contributed by atoms with Gasteiger partial charge in [0.25, 0.3) is 5.78 Å². The van der Waals surface area contributed by atoms with E-state index >= 15 is 0 Å². The van der Waals surface area contributed by atoms with Crippen molar-refractivity contribution < 1.29 is 23.9 Å². The van der Waals surface area contributed by atoms with E-state index in [1.807, 2.05) is 6.07 Å². The third-order valence-electron chi connectivity index (χ3n) is 2.65. The second-order valence-electron chi connectivity index (χ2n) is 4.08. The van der Waals surface area contributed by atoms with Crippen LogP contribution in [0.2, 0.25) is 0 Å². The highest BCUT2D eigenvalue weighted by molar-refractivity contribution is 6.37. The van der Waals surface area contributed by atoms with Gasteiger partial charge in [-0.2, -0.15) is 0 Å². The second kappa shape index (κ2) is 8.09. The summed E-state index contributed by atoms with van der Waals surface area (Å²) in [5, 5.41) is 0. The summed E-state index contributed by atoms with van der Waals surface area (Å²) in [5.41, 5.74) is 0.781. The molecule has 0 unspecified atom stereocenters. The molecule has 0 spiro atoms. The molecular weight excluding hydrogens is 260 g/mol. The fraction of sp³-hybridized carbons (Fsp3) is 0.400. The van der Waals surface area contributed by atoms with Crippen molar-refractivity contribution in [2.75, 3.05) is 13.2 Å². The van der Waals surface area contributed by atoms with Gasteiger partial charge in [0.05, 0.1) is 13.2 Å². The van der Waals surface area contributed by atoms with E-state index in [1.165, 1.54) is 0 Å². The number of hydrogen-bond donors (Lipinski definition) is 0. The Balaban J connectivity index is 2.88. The van der Waals surface area contributed by atoms with Crippen molar-refractivity contribution >= 4 is 17.7 Å². The van der Waals surface area contributed by atoms with Crippen LogP contribution in [0.25, 0.3) is 0 Å². The molecular formula is C15H18O5. The van der Waals surface area contributed by atoms with Gasteiger partial charge < -0.3 is 9.47 Å². The Morgan fingerprint density at radius 3 is 2.15 bits per heavy atom. The Hall–Kier alpha value is -2.17. The van der Waals surface area contributed by atoms with Crippen LogP contribution < -0.4 is 0 Å². The van der Waals surface area contributed by atoms with Gasteiger partial charge in [-0.1, -0.05) is 30.3 Å². The highest BCUT2D eigenvalue weighted by Crippen LogP contribution is 2.13. The summed E-state index contributed by atoms with van der Waals surface area (Å²) in [6, 6.07) is 8.99. The predicted molar refractivity (Wildman–Crippen MR) is 71.9 cm³/mol. The Kier molecular flexibility index (Phi) is 6.43. The van der Waals surface area contributed by atoms with Gasteiger partial charge in [0, 0.05) is 0 Å². The summed E-state index contributed by atoms with van der Waals surface area (Å²) < 4.78 is 9.51. The number of carbonyl (C=O) groups is 3. The zero-order chi connectivity index (χ0) is 15.0. The van der Waals surface area contributed by atoms with Crippen LogP contribution in [-0.4, -0.2) is 30.9 Å². The molecule has 0 bridgehead atoms. The van der Waals surface area contributed by atoms with E-state index in [4.69, 9.17) is 4.74 Å².